The summed E-state index contributed by atoms with van der Waals surface area (Å²) in [7, 11) is 0. The minimum Gasteiger partial charge on any atom is -0.443 e. The predicted molar refractivity (Wildman–Crippen MR) is 127 cm³/mol. The van der Waals surface area contributed by atoms with E-state index in [0.29, 0.717) is 28.6 Å². The van der Waals surface area contributed by atoms with E-state index in [0.717, 1.165) is 30.5 Å². The Kier molecular flexibility index (Phi) is 7.64. The minimum atomic E-state index is -0.752. The van der Waals surface area contributed by atoms with E-state index in [-0.39, 0.29) is 24.7 Å². The van der Waals surface area contributed by atoms with Gasteiger partial charge in [-0.05, 0) is 61.3 Å². The van der Waals surface area contributed by atoms with Crippen molar-refractivity contribution < 1.29 is 19.1 Å². The standard InChI is InChI=1S/C22H22Cl2N4O4S/c23-16-7-3-14(4-8-16)12-28-22(31)27(13-32-20(30)18-2-1-11-25-18)21(33-28)26-19(29)15-5-9-17(24)10-6-15/h3-10,18,21,25H,1-2,11-13H2,(H,26,29). The molecule has 2 atom stereocenters. The van der Waals surface area contributed by atoms with Crippen LogP contribution in [0.5, 0.6) is 0 Å². The summed E-state index contributed by atoms with van der Waals surface area (Å²) < 4.78 is 6.92. The zero-order valence-electron chi connectivity index (χ0n) is 17.5. The van der Waals surface area contributed by atoms with Gasteiger partial charge in [-0.1, -0.05) is 35.3 Å². The Balaban J connectivity index is 1.46. The highest BCUT2D eigenvalue weighted by atomic mass is 35.5. The van der Waals surface area contributed by atoms with Crippen LogP contribution >= 0.6 is 35.1 Å². The molecule has 2 N–H and O–H groups in total. The van der Waals surface area contributed by atoms with E-state index >= 15 is 0 Å². The molecule has 2 fully saturated rings. The first kappa shape index (κ1) is 23.7. The second-order valence-electron chi connectivity index (χ2n) is 7.59. The molecule has 11 heteroatoms. The van der Waals surface area contributed by atoms with Gasteiger partial charge in [-0.2, -0.15) is 0 Å². The third-order valence-corrected chi connectivity index (χ3v) is 6.88. The van der Waals surface area contributed by atoms with Crippen molar-refractivity contribution in [2.24, 2.45) is 0 Å². The number of carbonyl (C=O) groups is 3. The molecule has 2 unspecified atom stereocenters. The maximum atomic E-state index is 13.1. The number of nitrogens with zero attached hydrogens (tertiary/aromatic N) is 2. The fourth-order valence-electron chi connectivity index (χ4n) is 3.47. The van der Waals surface area contributed by atoms with Crippen molar-refractivity contribution in [3.05, 3.63) is 69.7 Å². The van der Waals surface area contributed by atoms with Crippen LogP contribution in [0.1, 0.15) is 28.8 Å². The molecular formula is C22H22Cl2N4O4S. The Morgan fingerprint density at radius 3 is 2.39 bits per heavy atom. The van der Waals surface area contributed by atoms with Gasteiger partial charge in [0, 0.05) is 27.6 Å². The first-order valence-corrected chi connectivity index (χ1v) is 12.0. The van der Waals surface area contributed by atoms with E-state index in [1.807, 2.05) is 12.1 Å². The van der Waals surface area contributed by atoms with Crippen molar-refractivity contribution in [1.29, 1.82) is 0 Å². The van der Waals surface area contributed by atoms with Gasteiger partial charge in [0.05, 0.1) is 6.54 Å². The van der Waals surface area contributed by atoms with Crippen LogP contribution in [-0.4, -0.2) is 51.9 Å². The van der Waals surface area contributed by atoms with Gasteiger partial charge in [0.25, 0.3) is 5.91 Å². The zero-order valence-corrected chi connectivity index (χ0v) is 19.8. The molecule has 0 spiro atoms. The summed E-state index contributed by atoms with van der Waals surface area (Å²) in [6.07, 6.45) is 1.59. The van der Waals surface area contributed by atoms with Gasteiger partial charge in [0.15, 0.2) is 12.2 Å². The summed E-state index contributed by atoms with van der Waals surface area (Å²) in [5.41, 5.74) is 0.519. The van der Waals surface area contributed by atoms with Crippen LogP contribution < -0.4 is 10.6 Å². The predicted octanol–water partition coefficient (Wildman–Crippen LogP) is 3.85. The van der Waals surface area contributed by atoms with Crippen LogP contribution in [0.2, 0.25) is 10.0 Å². The average molecular weight is 509 g/mol. The number of esters is 1. The summed E-state index contributed by atoms with van der Waals surface area (Å²) in [4.78, 5) is 39.5. The van der Waals surface area contributed by atoms with Crippen LogP contribution in [-0.2, 0) is 16.1 Å². The molecule has 174 valence electrons. The molecule has 0 aromatic heterocycles. The molecule has 2 aliphatic heterocycles. The van der Waals surface area contributed by atoms with Crippen LogP contribution in [0.25, 0.3) is 0 Å². The number of halogens is 2. The van der Waals surface area contributed by atoms with Crippen molar-refractivity contribution in [2.75, 3.05) is 13.3 Å². The number of benzene rings is 2. The molecule has 0 saturated carbocycles. The fraction of sp³-hybridized carbons (Fsp3) is 0.318. The van der Waals surface area contributed by atoms with Gasteiger partial charge in [0.2, 0.25) is 0 Å². The second-order valence-corrected chi connectivity index (χ2v) is 9.57. The van der Waals surface area contributed by atoms with Crippen LogP contribution in [0, 0.1) is 0 Å². The van der Waals surface area contributed by atoms with Crippen LogP contribution in [0.4, 0.5) is 4.79 Å². The number of amides is 3. The Morgan fingerprint density at radius 2 is 1.76 bits per heavy atom. The van der Waals surface area contributed by atoms with Gasteiger partial charge >= 0.3 is 12.0 Å². The molecule has 0 bridgehead atoms. The van der Waals surface area contributed by atoms with Crippen molar-refractivity contribution in [2.45, 2.75) is 30.9 Å². The van der Waals surface area contributed by atoms with E-state index in [1.54, 1.807) is 36.4 Å². The summed E-state index contributed by atoms with van der Waals surface area (Å²) in [5, 5.41) is 7.02. The number of hydrogen-bond acceptors (Lipinski definition) is 6. The largest absolute Gasteiger partial charge is 0.443 e. The van der Waals surface area contributed by atoms with E-state index in [1.165, 1.54) is 9.21 Å². The number of rotatable bonds is 7. The Bertz CT molecular complexity index is 1020. The summed E-state index contributed by atoms with van der Waals surface area (Å²) >= 11 is 13.0. The summed E-state index contributed by atoms with van der Waals surface area (Å²) in [6, 6.07) is 12.8. The summed E-state index contributed by atoms with van der Waals surface area (Å²) in [6.45, 7) is 0.779. The van der Waals surface area contributed by atoms with Crippen LogP contribution in [0.3, 0.4) is 0 Å². The number of ether oxygens (including phenoxy) is 1. The smallest absolute Gasteiger partial charge is 0.335 e. The minimum absolute atomic E-state index is 0.272. The lowest BCUT2D eigenvalue weighted by Gasteiger charge is -2.23. The van der Waals surface area contributed by atoms with E-state index in [9.17, 15) is 14.4 Å². The highest BCUT2D eigenvalue weighted by Gasteiger charge is 2.40. The molecule has 4 rings (SSSR count). The third-order valence-electron chi connectivity index (χ3n) is 5.26. The Morgan fingerprint density at radius 1 is 1.09 bits per heavy atom. The van der Waals surface area contributed by atoms with E-state index < -0.39 is 11.5 Å². The third kappa shape index (κ3) is 5.92. The number of urea groups is 1. The number of carbonyl (C=O) groups excluding carboxylic acids is 3. The molecule has 2 saturated heterocycles. The van der Waals surface area contributed by atoms with Crippen molar-refractivity contribution in [1.82, 2.24) is 19.8 Å². The van der Waals surface area contributed by atoms with Gasteiger partial charge in [-0.25, -0.2) is 4.79 Å². The zero-order chi connectivity index (χ0) is 23.4. The Hall–Kier alpha value is -2.46. The molecule has 33 heavy (non-hydrogen) atoms. The lowest BCUT2D eigenvalue weighted by atomic mass is 10.2. The van der Waals surface area contributed by atoms with Gasteiger partial charge in [0.1, 0.15) is 6.04 Å². The SMILES string of the molecule is O=C(NC1SN(Cc2ccc(Cl)cc2)C(=O)N1COC(=O)C1CCCN1)c1ccc(Cl)cc1. The van der Waals surface area contributed by atoms with Crippen LogP contribution in [0.15, 0.2) is 48.5 Å². The van der Waals surface area contributed by atoms with E-state index in [4.69, 9.17) is 27.9 Å². The fourth-order valence-corrected chi connectivity index (χ4v) is 4.81. The van der Waals surface area contributed by atoms with Crippen molar-refractivity contribution in [3.8, 4) is 0 Å². The first-order valence-electron chi connectivity index (χ1n) is 10.4. The Labute approximate surface area is 205 Å². The molecule has 8 nitrogen and oxygen atoms in total. The summed E-state index contributed by atoms with van der Waals surface area (Å²) in [5.74, 6) is -0.789. The first-order chi connectivity index (χ1) is 15.9. The number of hydrogen-bond donors (Lipinski definition) is 2. The van der Waals surface area contributed by atoms with Gasteiger partial charge in [-0.15, -0.1) is 0 Å². The molecule has 2 heterocycles. The van der Waals surface area contributed by atoms with E-state index in [2.05, 4.69) is 10.6 Å². The molecule has 0 radical (unpaired) electrons. The molecule has 2 aromatic rings. The monoisotopic (exact) mass is 508 g/mol. The van der Waals surface area contributed by atoms with Crippen molar-refractivity contribution >= 4 is 53.1 Å². The molecular weight excluding hydrogens is 487 g/mol. The lowest BCUT2D eigenvalue weighted by molar-refractivity contribution is -0.149. The molecule has 3 amide bonds. The number of nitrogens with one attached hydrogen (secondary N) is 2. The topological polar surface area (TPSA) is 91.0 Å². The van der Waals surface area contributed by atoms with Gasteiger partial charge in [-0.3, -0.25) is 18.8 Å². The highest BCUT2D eigenvalue weighted by Crippen LogP contribution is 2.32. The average Bonchev–Trinajstić information content (AvgIpc) is 3.44. The lowest BCUT2D eigenvalue weighted by Crippen LogP contribution is -2.47. The molecule has 2 aromatic carbocycles. The van der Waals surface area contributed by atoms with Gasteiger partial charge < -0.3 is 15.4 Å². The maximum Gasteiger partial charge on any atom is 0.335 e. The quantitative estimate of drug-likeness (QED) is 0.436. The maximum absolute atomic E-state index is 13.1. The normalized spacial score (nSPS) is 20.2. The highest BCUT2D eigenvalue weighted by molar-refractivity contribution is 7.98. The molecule has 0 aliphatic carbocycles. The second kappa shape index (κ2) is 10.6. The molecule has 2 aliphatic rings. The van der Waals surface area contributed by atoms with Crippen molar-refractivity contribution in [3.63, 3.8) is 0 Å².